The molecule has 3 aromatic carbocycles. The van der Waals surface area contributed by atoms with E-state index >= 15 is 0 Å². The average Bonchev–Trinajstić information content (AvgIpc) is 3.50. The molecule has 0 bridgehead atoms. The quantitative estimate of drug-likeness (QED) is 0.249. The van der Waals surface area contributed by atoms with E-state index in [1.54, 1.807) is 12.1 Å². The van der Waals surface area contributed by atoms with Crippen molar-refractivity contribution in [2.75, 3.05) is 6.61 Å². The molecule has 0 saturated heterocycles. The first kappa shape index (κ1) is 24.0. The van der Waals surface area contributed by atoms with Crippen LogP contribution in [-0.2, 0) is 13.1 Å². The zero-order chi connectivity index (χ0) is 26.2. The standard InChI is InChI=1S/C31H30N4O3/c1-3-38-31-33-29-20(2)14-24(27-18-34(19-32-27)16-21-8-9-21)15-28(29)35(31)17-22-10-12-23(13-11-22)25-6-4-5-7-26(25)30(36)37/h4-7,10-15,18-19,21H,3,8-9,16-17H2,1-2H3,(H,36,37). The number of aryl methyl sites for hydroxylation is 1. The summed E-state index contributed by atoms with van der Waals surface area (Å²) in [7, 11) is 0. The zero-order valence-corrected chi connectivity index (χ0v) is 21.6. The summed E-state index contributed by atoms with van der Waals surface area (Å²) < 4.78 is 10.3. The number of aromatic nitrogens is 4. The van der Waals surface area contributed by atoms with E-state index in [1.165, 1.54) is 12.8 Å². The molecule has 0 radical (unpaired) electrons. The van der Waals surface area contributed by atoms with Crippen molar-refractivity contribution in [3.05, 3.63) is 89.9 Å². The van der Waals surface area contributed by atoms with E-state index in [9.17, 15) is 9.90 Å². The van der Waals surface area contributed by atoms with E-state index in [0.29, 0.717) is 30.3 Å². The summed E-state index contributed by atoms with van der Waals surface area (Å²) in [5, 5.41) is 9.57. The van der Waals surface area contributed by atoms with Gasteiger partial charge in [0, 0.05) is 18.3 Å². The van der Waals surface area contributed by atoms with Gasteiger partial charge in [-0.2, -0.15) is 4.98 Å². The second-order valence-electron chi connectivity index (χ2n) is 10.0. The van der Waals surface area contributed by atoms with Gasteiger partial charge in [-0.1, -0.05) is 42.5 Å². The minimum atomic E-state index is -0.931. The molecule has 2 heterocycles. The predicted octanol–water partition coefficient (Wildman–Crippen LogP) is 6.43. The minimum absolute atomic E-state index is 0.294. The maximum absolute atomic E-state index is 11.7. The van der Waals surface area contributed by atoms with E-state index in [2.05, 4.69) is 34.4 Å². The Morgan fingerprint density at radius 1 is 1.08 bits per heavy atom. The number of aromatic carboxylic acids is 1. The first-order valence-corrected chi connectivity index (χ1v) is 13.1. The predicted molar refractivity (Wildman–Crippen MR) is 148 cm³/mol. The third-order valence-electron chi connectivity index (χ3n) is 7.14. The highest BCUT2D eigenvalue weighted by Crippen LogP contribution is 2.33. The zero-order valence-electron chi connectivity index (χ0n) is 21.6. The molecule has 0 atom stereocenters. The molecule has 192 valence electrons. The van der Waals surface area contributed by atoms with E-state index in [4.69, 9.17) is 14.7 Å². The lowest BCUT2D eigenvalue weighted by Gasteiger charge is -2.11. The van der Waals surface area contributed by atoms with Crippen molar-refractivity contribution in [2.45, 2.75) is 39.8 Å². The van der Waals surface area contributed by atoms with Crippen molar-refractivity contribution in [3.8, 4) is 28.4 Å². The lowest BCUT2D eigenvalue weighted by atomic mass is 9.99. The molecule has 2 aromatic heterocycles. The van der Waals surface area contributed by atoms with Crippen LogP contribution in [0.5, 0.6) is 6.01 Å². The van der Waals surface area contributed by atoms with Gasteiger partial charge in [0.15, 0.2) is 0 Å². The lowest BCUT2D eigenvalue weighted by molar-refractivity contribution is 0.0697. The highest BCUT2D eigenvalue weighted by atomic mass is 16.5. The third kappa shape index (κ3) is 4.67. The maximum atomic E-state index is 11.7. The van der Waals surface area contributed by atoms with Crippen LogP contribution in [0.3, 0.4) is 0 Å². The van der Waals surface area contributed by atoms with Crippen molar-refractivity contribution in [1.82, 2.24) is 19.1 Å². The molecule has 38 heavy (non-hydrogen) atoms. The first-order chi connectivity index (χ1) is 18.5. The fourth-order valence-electron chi connectivity index (χ4n) is 5.01. The van der Waals surface area contributed by atoms with E-state index in [-0.39, 0.29) is 0 Å². The maximum Gasteiger partial charge on any atom is 0.336 e. The molecule has 1 aliphatic carbocycles. The Labute approximate surface area is 221 Å². The number of benzene rings is 3. The number of fused-ring (bicyclic) bond motifs is 1. The Hall–Kier alpha value is -4.39. The van der Waals surface area contributed by atoms with Crippen molar-refractivity contribution in [2.24, 2.45) is 5.92 Å². The molecule has 0 aliphatic heterocycles. The molecular weight excluding hydrogens is 476 g/mol. The van der Waals surface area contributed by atoms with Crippen LogP contribution >= 0.6 is 0 Å². The highest BCUT2D eigenvalue weighted by molar-refractivity contribution is 5.96. The Kier molecular flexibility index (Phi) is 6.19. The van der Waals surface area contributed by atoms with E-state index in [1.807, 2.05) is 49.6 Å². The van der Waals surface area contributed by atoms with Gasteiger partial charge in [-0.15, -0.1) is 0 Å². The molecule has 0 unspecified atom stereocenters. The van der Waals surface area contributed by atoms with Crippen molar-refractivity contribution in [1.29, 1.82) is 0 Å². The molecular formula is C31H30N4O3. The minimum Gasteiger partial charge on any atom is -0.478 e. The summed E-state index contributed by atoms with van der Waals surface area (Å²) in [5.74, 6) is -0.139. The van der Waals surface area contributed by atoms with Crippen molar-refractivity contribution in [3.63, 3.8) is 0 Å². The topological polar surface area (TPSA) is 82.2 Å². The number of ether oxygens (including phenoxy) is 1. The summed E-state index contributed by atoms with van der Waals surface area (Å²) in [5.41, 5.74) is 7.96. The third-order valence-corrected chi connectivity index (χ3v) is 7.14. The number of carboxylic acid groups (broad SMARTS) is 1. The fourth-order valence-corrected chi connectivity index (χ4v) is 5.01. The molecule has 7 nitrogen and oxygen atoms in total. The fraction of sp³-hybridized carbons (Fsp3) is 0.258. The molecule has 0 amide bonds. The number of imidazole rings is 2. The molecule has 1 fully saturated rings. The SMILES string of the molecule is CCOc1nc2c(C)cc(-c3cn(CC4CC4)cn3)cc2n1Cc1ccc(-c2ccccc2C(=O)O)cc1. The second-order valence-corrected chi connectivity index (χ2v) is 10.0. The Morgan fingerprint density at radius 2 is 1.87 bits per heavy atom. The van der Waals surface area contributed by atoms with Gasteiger partial charge in [-0.05, 0) is 73.1 Å². The number of nitrogens with zero attached hydrogens (tertiary/aromatic N) is 4. The van der Waals surface area contributed by atoms with Gasteiger partial charge in [0.1, 0.15) is 0 Å². The van der Waals surface area contributed by atoms with Gasteiger partial charge in [-0.25, -0.2) is 9.78 Å². The number of rotatable bonds is 9. The van der Waals surface area contributed by atoms with Gasteiger partial charge < -0.3 is 14.4 Å². The van der Waals surface area contributed by atoms with Crippen LogP contribution in [0.1, 0.15) is 41.3 Å². The summed E-state index contributed by atoms with van der Waals surface area (Å²) in [6, 6.07) is 20.0. The second kappa shape index (κ2) is 9.82. The van der Waals surface area contributed by atoms with Crippen molar-refractivity contribution >= 4 is 17.0 Å². The first-order valence-electron chi connectivity index (χ1n) is 13.1. The smallest absolute Gasteiger partial charge is 0.336 e. The number of carboxylic acids is 1. The largest absolute Gasteiger partial charge is 0.478 e. The molecule has 1 saturated carbocycles. The lowest BCUT2D eigenvalue weighted by Crippen LogP contribution is -2.05. The number of hydrogen-bond acceptors (Lipinski definition) is 4. The van der Waals surface area contributed by atoms with Crippen LogP contribution in [0.15, 0.2) is 73.2 Å². The summed E-state index contributed by atoms with van der Waals surface area (Å²) >= 11 is 0. The Balaban J connectivity index is 1.35. The molecule has 1 aliphatic rings. The van der Waals surface area contributed by atoms with Crippen molar-refractivity contribution < 1.29 is 14.6 Å². The van der Waals surface area contributed by atoms with Gasteiger partial charge in [0.25, 0.3) is 6.01 Å². The number of carbonyl (C=O) groups is 1. The van der Waals surface area contributed by atoms with E-state index < -0.39 is 5.97 Å². The van der Waals surface area contributed by atoms with Crippen LogP contribution < -0.4 is 4.74 Å². The summed E-state index contributed by atoms with van der Waals surface area (Å²) in [6.45, 7) is 6.17. The average molecular weight is 507 g/mol. The Bertz CT molecular complexity index is 1630. The molecule has 7 heteroatoms. The van der Waals surface area contributed by atoms with Gasteiger partial charge in [0.05, 0.1) is 41.8 Å². The van der Waals surface area contributed by atoms with E-state index in [0.717, 1.165) is 51.4 Å². The molecule has 1 N–H and O–H groups in total. The Morgan fingerprint density at radius 3 is 2.61 bits per heavy atom. The molecule has 6 rings (SSSR count). The van der Waals surface area contributed by atoms with Crippen LogP contribution in [-0.4, -0.2) is 36.8 Å². The van der Waals surface area contributed by atoms with Crippen LogP contribution in [0, 0.1) is 12.8 Å². The summed E-state index contributed by atoms with van der Waals surface area (Å²) in [6.07, 6.45) is 6.69. The van der Waals surface area contributed by atoms with Gasteiger partial charge in [-0.3, -0.25) is 4.57 Å². The van der Waals surface area contributed by atoms with Crippen LogP contribution in [0.25, 0.3) is 33.4 Å². The normalized spacial score (nSPS) is 13.2. The van der Waals surface area contributed by atoms with Gasteiger partial charge >= 0.3 is 5.97 Å². The van der Waals surface area contributed by atoms with Crippen LogP contribution in [0.2, 0.25) is 0 Å². The van der Waals surface area contributed by atoms with Gasteiger partial charge in [0.2, 0.25) is 0 Å². The van der Waals surface area contributed by atoms with Crippen LogP contribution in [0.4, 0.5) is 0 Å². The molecule has 5 aromatic rings. The molecule has 0 spiro atoms. The summed E-state index contributed by atoms with van der Waals surface area (Å²) in [4.78, 5) is 21.2. The highest BCUT2D eigenvalue weighted by Gasteiger charge is 2.22. The number of hydrogen-bond donors (Lipinski definition) is 1. The monoisotopic (exact) mass is 506 g/mol.